The first kappa shape index (κ1) is 15.6. The van der Waals surface area contributed by atoms with Crippen molar-refractivity contribution in [1.82, 2.24) is 9.55 Å². The fourth-order valence-corrected chi connectivity index (χ4v) is 3.63. The number of benzene rings is 1. The Morgan fingerprint density at radius 2 is 1.86 bits per heavy atom. The molecule has 21 heavy (non-hydrogen) atoms. The van der Waals surface area contributed by atoms with Gasteiger partial charge >= 0.3 is 0 Å². The van der Waals surface area contributed by atoms with Crippen molar-refractivity contribution in [3.63, 3.8) is 0 Å². The van der Waals surface area contributed by atoms with E-state index in [4.69, 9.17) is 5.84 Å². The van der Waals surface area contributed by atoms with Gasteiger partial charge in [-0.15, -0.1) is 0 Å². The predicted molar refractivity (Wildman–Crippen MR) is 89.1 cm³/mol. The number of hydrogen-bond donors (Lipinski definition) is 1. The SMILES string of the molecule is Cc1cc(C)cc(Sc2c(C(C)C)nc(C=NN)n2C)c1. The number of rotatable bonds is 4. The van der Waals surface area contributed by atoms with Gasteiger partial charge in [0, 0.05) is 11.9 Å². The topological polar surface area (TPSA) is 56.2 Å². The molecule has 0 aliphatic rings. The fraction of sp³-hybridized carbons (Fsp3) is 0.375. The maximum Gasteiger partial charge on any atom is 0.153 e. The minimum absolute atomic E-state index is 0.351. The molecule has 112 valence electrons. The second-order valence-electron chi connectivity index (χ2n) is 5.58. The third-order valence-electron chi connectivity index (χ3n) is 3.25. The van der Waals surface area contributed by atoms with E-state index in [0.717, 1.165) is 16.5 Å². The molecule has 1 heterocycles. The summed E-state index contributed by atoms with van der Waals surface area (Å²) in [6, 6.07) is 6.58. The molecule has 2 N–H and O–H groups in total. The van der Waals surface area contributed by atoms with Gasteiger partial charge in [0.25, 0.3) is 0 Å². The second-order valence-corrected chi connectivity index (χ2v) is 6.64. The molecule has 0 aliphatic carbocycles. The summed E-state index contributed by atoms with van der Waals surface area (Å²) in [6.45, 7) is 8.54. The zero-order valence-corrected chi connectivity index (χ0v) is 14.0. The zero-order valence-electron chi connectivity index (χ0n) is 13.2. The highest BCUT2D eigenvalue weighted by Crippen LogP contribution is 2.34. The molecule has 0 fully saturated rings. The average Bonchev–Trinajstić information content (AvgIpc) is 2.67. The van der Waals surface area contributed by atoms with E-state index in [9.17, 15) is 0 Å². The van der Waals surface area contributed by atoms with Crippen LogP contribution in [0.3, 0.4) is 0 Å². The van der Waals surface area contributed by atoms with Crippen LogP contribution >= 0.6 is 11.8 Å². The minimum atomic E-state index is 0.351. The van der Waals surface area contributed by atoms with Crippen LogP contribution in [0, 0.1) is 13.8 Å². The normalized spacial score (nSPS) is 11.7. The van der Waals surface area contributed by atoms with Gasteiger partial charge in [0.05, 0.1) is 11.9 Å². The van der Waals surface area contributed by atoms with E-state index in [1.807, 2.05) is 11.6 Å². The summed E-state index contributed by atoms with van der Waals surface area (Å²) in [5.74, 6) is 6.40. The van der Waals surface area contributed by atoms with Crippen molar-refractivity contribution >= 4 is 18.0 Å². The standard InChI is InChI=1S/C16H22N4S/c1-10(2)15-16(20(5)14(19-15)9-18-17)21-13-7-11(3)6-12(4)8-13/h6-10H,17H2,1-5H3. The van der Waals surface area contributed by atoms with E-state index >= 15 is 0 Å². The summed E-state index contributed by atoms with van der Waals surface area (Å²) >= 11 is 1.74. The first-order valence-corrected chi connectivity index (χ1v) is 7.80. The molecular weight excluding hydrogens is 280 g/mol. The van der Waals surface area contributed by atoms with Gasteiger partial charge in [-0.3, -0.25) is 0 Å². The Morgan fingerprint density at radius 1 is 1.24 bits per heavy atom. The summed E-state index contributed by atoms with van der Waals surface area (Å²) in [5, 5.41) is 4.74. The number of nitrogens with zero attached hydrogens (tertiary/aromatic N) is 3. The Balaban J connectivity index is 2.47. The van der Waals surface area contributed by atoms with E-state index in [-0.39, 0.29) is 0 Å². The molecule has 0 saturated carbocycles. The van der Waals surface area contributed by atoms with Gasteiger partial charge in [-0.2, -0.15) is 5.10 Å². The van der Waals surface area contributed by atoms with Gasteiger partial charge in [-0.25, -0.2) is 4.98 Å². The van der Waals surface area contributed by atoms with Crippen LogP contribution < -0.4 is 5.84 Å². The molecule has 0 radical (unpaired) electrons. The third kappa shape index (κ3) is 3.47. The lowest BCUT2D eigenvalue weighted by molar-refractivity contribution is 0.763. The van der Waals surface area contributed by atoms with Crippen molar-refractivity contribution in [2.45, 2.75) is 43.5 Å². The monoisotopic (exact) mass is 302 g/mol. The third-order valence-corrected chi connectivity index (χ3v) is 4.40. The van der Waals surface area contributed by atoms with Crippen molar-refractivity contribution < 1.29 is 0 Å². The summed E-state index contributed by atoms with van der Waals surface area (Å²) in [7, 11) is 2.00. The molecule has 4 nitrogen and oxygen atoms in total. The summed E-state index contributed by atoms with van der Waals surface area (Å²) in [4.78, 5) is 5.88. The molecule has 2 rings (SSSR count). The molecule has 0 atom stereocenters. The Labute approximate surface area is 130 Å². The predicted octanol–water partition coefficient (Wildman–Crippen LogP) is 3.60. The Morgan fingerprint density at radius 3 is 2.38 bits per heavy atom. The van der Waals surface area contributed by atoms with Gasteiger partial charge in [-0.05, 0) is 43.0 Å². The van der Waals surface area contributed by atoms with Crippen LogP contribution in [0.1, 0.15) is 42.4 Å². The van der Waals surface area contributed by atoms with E-state index in [2.05, 4.69) is 56.0 Å². The van der Waals surface area contributed by atoms with Crippen LogP contribution in [0.5, 0.6) is 0 Å². The maximum atomic E-state index is 5.27. The molecule has 1 aromatic heterocycles. The molecule has 0 aliphatic heterocycles. The average molecular weight is 302 g/mol. The van der Waals surface area contributed by atoms with Crippen molar-refractivity contribution in [2.75, 3.05) is 0 Å². The summed E-state index contributed by atoms with van der Waals surface area (Å²) < 4.78 is 2.05. The van der Waals surface area contributed by atoms with Crippen molar-refractivity contribution in [3.8, 4) is 0 Å². The van der Waals surface area contributed by atoms with Crippen LogP contribution in [0.25, 0.3) is 0 Å². The molecule has 2 aromatic rings. The molecule has 0 spiro atoms. The first-order valence-electron chi connectivity index (χ1n) is 6.98. The highest BCUT2D eigenvalue weighted by atomic mass is 32.2. The lowest BCUT2D eigenvalue weighted by atomic mass is 10.1. The molecule has 0 unspecified atom stereocenters. The van der Waals surface area contributed by atoms with Gasteiger partial charge in [0.15, 0.2) is 5.82 Å². The molecule has 0 bridgehead atoms. The fourth-order valence-electron chi connectivity index (χ4n) is 2.30. The highest BCUT2D eigenvalue weighted by Gasteiger charge is 2.17. The van der Waals surface area contributed by atoms with Crippen molar-refractivity contribution in [1.29, 1.82) is 0 Å². The lowest BCUT2D eigenvalue weighted by Crippen LogP contribution is -1.99. The van der Waals surface area contributed by atoms with Crippen molar-refractivity contribution in [3.05, 3.63) is 40.8 Å². The molecule has 1 aromatic carbocycles. The number of aryl methyl sites for hydroxylation is 2. The van der Waals surface area contributed by atoms with Crippen molar-refractivity contribution in [2.24, 2.45) is 18.0 Å². The zero-order chi connectivity index (χ0) is 15.6. The van der Waals surface area contributed by atoms with Crippen LogP contribution in [0.4, 0.5) is 0 Å². The Bertz CT molecular complexity index is 651. The summed E-state index contributed by atoms with van der Waals surface area (Å²) in [5.41, 5.74) is 3.63. The van der Waals surface area contributed by atoms with Gasteiger partial charge in [0.2, 0.25) is 0 Å². The smallest absolute Gasteiger partial charge is 0.153 e. The van der Waals surface area contributed by atoms with E-state index < -0.39 is 0 Å². The molecule has 0 saturated heterocycles. The first-order chi connectivity index (χ1) is 9.92. The number of hydrogen-bond acceptors (Lipinski definition) is 4. The van der Waals surface area contributed by atoms with E-state index in [1.54, 1.807) is 18.0 Å². The second kappa shape index (κ2) is 6.35. The van der Waals surface area contributed by atoms with Gasteiger partial charge in [0.1, 0.15) is 5.03 Å². The van der Waals surface area contributed by atoms with Crippen LogP contribution in [-0.4, -0.2) is 15.8 Å². The number of nitrogens with two attached hydrogens (primary N) is 1. The Hall–Kier alpha value is -1.75. The van der Waals surface area contributed by atoms with Gasteiger partial charge < -0.3 is 10.4 Å². The van der Waals surface area contributed by atoms with Crippen LogP contribution in [0.15, 0.2) is 33.2 Å². The van der Waals surface area contributed by atoms with Gasteiger partial charge in [-0.1, -0.05) is 31.7 Å². The number of imidazole rings is 1. The molecule has 0 amide bonds. The largest absolute Gasteiger partial charge is 0.323 e. The number of aromatic nitrogens is 2. The highest BCUT2D eigenvalue weighted by molar-refractivity contribution is 7.99. The molecule has 5 heteroatoms. The van der Waals surface area contributed by atoms with Crippen LogP contribution in [0.2, 0.25) is 0 Å². The maximum absolute atomic E-state index is 5.27. The molecular formula is C16H22N4S. The Kier molecular flexibility index (Phi) is 4.73. The summed E-state index contributed by atoms with van der Waals surface area (Å²) in [6.07, 6.45) is 1.59. The minimum Gasteiger partial charge on any atom is -0.323 e. The quantitative estimate of drug-likeness (QED) is 0.533. The number of hydrazone groups is 1. The van der Waals surface area contributed by atoms with E-state index in [0.29, 0.717) is 5.92 Å². The lowest BCUT2D eigenvalue weighted by Gasteiger charge is -2.09. The van der Waals surface area contributed by atoms with E-state index in [1.165, 1.54) is 16.0 Å². The van der Waals surface area contributed by atoms with Crippen LogP contribution in [-0.2, 0) is 7.05 Å².